The molecule has 2 fully saturated rings. The molecule has 47 heavy (non-hydrogen) atoms. The molecule has 5 rings (SSSR count). The van der Waals surface area contributed by atoms with Crippen molar-refractivity contribution >= 4 is 52.2 Å². The minimum Gasteiger partial charge on any atom is -0.493 e. The van der Waals surface area contributed by atoms with Crippen LogP contribution in [-0.2, 0) is 14.3 Å². The van der Waals surface area contributed by atoms with Crippen molar-refractivity contribution in [1.29, 1.82) is 0 Å². The Balaban J connectivity index is 1.31. The highest BCUT2D eigenvalue weighted by Crippen LogP contribution is 2.36. The Morgan fingerprint density at radius 3 is 2.43 bits per heavy atom. The van der Waals surface area contributed by atoms with Crippen LogP contribution in [0.3, 0.4) is 0 Å². The number of carboxylic acids is 1. The van der Waals surface area contributed by atoms with Crippen LogP contribution < -0.4 is 14.2 Å². The molecular formula is C33H30F2N2O8S2. The fraction of sp³-hybridized carbons (Fsp3) is 0.273. The fourth-order valence-electron chi connectivity index (χ4n) is 4.85. The molecule has 2 saturated heterocycles. The second kappa shape index (κ2) is 15.5. The first-order chi connectivity index (χ1) is 22.6. The van der Waals surface area contributed by atoms with Crippen LogP contribution in [-0.4, -0.2) is 90.2 Å². The van der Waals surface area contributed by atoms with Gasteiger partial charge in [0.15, 0.2) is 23.1 Å². The summed E-state index contributed by atoms with van der Waals surface area (Å²) in [6.45, 7) is 3.88. The molecule has 2 aliphatic heterocycles. The highest BCUT2D eigenvalue weighted by atomic mass is 32.2. The summed E-state index contributed by atoms with van der Waals surface area (Å²) in [5, 5.41) is 9.18. The lowest BCUT2D eigenvalue weighted by molar-refractivity contribution is -0.135. The molecule has 10 nitrogen and oxygen atoms in total. The molecule has 0 saturated carbocycles. The molecule has 2 aliphatic rings. The van der Waals surface area contributed by atoms with Crippen LogP contribution in [0.25, 0.3) is 17.2 Å². The van der Waals surface area contributed by atoms with Gasteiger partial charge in [-0.05, 0) is 59.7 Å². The largest absolute Gasteiger partial charge is 0.493 e. The number of methoxy groups -OCH3 is 1. The third-order valence-corrected chi connectivity index (χ3v) is 8.74. The Labute approximate surface area is 278 Å². The normalized spacial score (nSPS) is 16.1. The monoisotopic (exact) mass is 684 g/mol. The lowest BCUT2D eigenvalue weighted by Gasteiger charge is -2.26. The summed E-state index contributed by atoms with van der Waals surface area (Å²) < 4.78 is 49.9. The van der Waals surface area contributed by atoms with Crippen LogP contribution in [0.2, 0.25) is 0 Å². The van der Waals surface area contributed by atoms with Crippen LogP contribution in [0, 0.1) is 11.6 Å². The van der Waals surface area contributed by atoms with Crippen molar-refractivity contribution in [3.8, 4) is 28.4 Å². The van der Waals surface area contributed by atoms with Gasteiger partial charge in [-0.1, -0.05) is 36.1 Å². The summed E-state index contributed by atoms with van der Waals surface area (Å²) in [5.74, 6) is -3.61. The van der Waals surface area contributed by atoms with Crippen molar-refractivity contribution in [3.05, 3.63) is 82.3 Å². The van der Waals surface area contributed by atoms with Gasteiger partial charge in [0.25, 0.3) is 5.91 Å². The first-order valence-electron chi connectivity index (χ1n) is 14.5. The van der Waals surface area contributed by atoms with Gasteiger partial charge in [0.2, 0.25) is 0 Å². The van der Waals surface area contributed by atoms with Gasteiger partial charge in [-0.15, -0.1) is 0 Å². The zero-order valence-electron chi connectivity index (χ0n) is 25.2. The molecule has 0 bridgehead atoms. The standard InChI is InChI=1S/C33H30F2N2O8S2/c1-42-28-18-22(32(40)41)4-7-27(28)45-30(38)8-9-37-31(39)29(47-33(37)46)19-23-16-20(21-2-5-24(34)25(35)17-21)3-6-26(23)44-15-12-36-10-13-43-14-11-36/h2-7,16-19H,8-15H2,1H3,(H,40,41). The molecule has 1 amide bonds. The minimum atomic E-state index is -1.16. The van der Waals surface area contributed by atoms with Gasteiger partial charge >= 0.3 is 11.9 Å². The predicted molar refractivity (Wildman–Crippen MR) is 175 cm³/mol. The van der Waals surface area contributed by atoms with E-state index in [1.54, 1.807) is 24.3 Å². The Morgan fingerprint density at radius 1 is 0.979 bits per heavy atom. The third-order valence-electron chi connectivity index (χ3n) is 7.37. The molecular weight excluding hydrogens is 654 g/mol. The second-order valence-electron chi connectivity index (χ2n) is 10.4. The molecule has 14 heteroatoms. The maximum absolute atomic E-state index is 14.0. The number of amides is 1. The predicted octanol–water partition coefficient (Wildman–Crippen LogP) is 5.25. The molecule has 2 heterocycles. The van der Waals surface area contributed by atoms with E-state index in [1.165, 1.54) is 36.3 Å². The number of thioether (sulfide) groups is 1. The van der Waals surface area contributed by atoms with Crippen molar-refractivity contribution in [2.45, 2.75) is 6.42 Å². The minimum absolute atomic E-state index is 0.0352. The van der Waals surface area contributed by atoms with Crippen LogP contribution in [0.4, 0.5) is 8.78 Å². The van der Waals surface area contributed by atoms with Gasteiger partial charge in [-0.2, -0.15) is 0 Å². The number of ether oxygens (including phenoxy) is 4. The molecule has 0 unspecified atom stereocenters. The number of benzene rings is 3. The molecule has 0 aliphatic carbocycles. The number of thiocarbonyl (C=S) groups is 1. The topological polar surface area (TPSA) is 115 Å². The SMILES string of the molecule is COc1cc(C(=O)O)ccc1OC(=O)CCN1C(=O)C(=Cc2cc(-c3ccc(F)c(F)c3)ccc2OCCN2CCOCC2)SC1=S. The summed E-state index contributed by atoms with van der Waals surface area (Å²) in [6, 6.07) is 12.6. The van der Waals surface area contributed by atoms with E-state index >= 15 is 0 Å². The Hall–Kier alpha value is -4.37. The fourth-order valence-corrected chi connectivity index (χ4v) is 6.15. The molecule has 0 spiro atoms. The quantitative estimate of drug-likeness (QED) is 0.117. The lowest BCUT2D eigenvalue weighted by atomic mass is 10.0. The van der Waals surface area contributed by atoms with Gasteiger partial charge in [0, 0.05) is 31.7 Å². The summed E-state index contributed by atoms with van der Waals surface area (Å²) in [5.41, 5.74) is 1.53. The third kappa shape index (κ3) is 8.51. The summed E-state index contributed by atoms with van der Waals surface area (Å²) >= 11 is 6.51. The number of carboxylic acid groups (broad SMARTS) is 1. The van der Waals surface area contributed by atoms with Crippen molar-refractivity contribution in [3.63, 3.8) is 0 Å². The molecule has 0 radical (unpaired) electrons. The molecule has 3 aromatic rings. The number of carbonyl (C=O) groups excluding carboxylic acids is 2. The van der Waals surface area contributed by atoms with E-state index in [0.29, 0.717) is 48.8 Å². The average molecular weight is 685 g/mol. The molecule has 1 N–H and O–H groups in total. The first-order valence-corrected chi connectivity index (χ1v) is 15.7. The van der Waals surface area contributed by atoms with E-state index < -0.39 is 29.5 Å². The van der Waals surface area contributed by atoms with Gasteiger partial charge in [-0.25, -0.2) is 13.6 Å². The van der Waals surface area contributed by atoms with E-state index in [2.05, 4.69) is 4.90 Å². The Kier molecular flexibility index (Phi) is 11.2. The summed E-state index contributed by atoms with van der Waals surface area (Å²) in [6.07, 6.45) is 1.42. The smallest absolute Gasteiger partial charge is 0.335 e. The van der Waals surface area contributed by atoms with E-state index in [4.69, 9.17) is 31.2 Å². The highest BCUT2D eigenvalue weighted by Gasteiger charge is 2.33. The van der Waals surface area contributed by atoms with Gasteiger partial charge in [0.05, 0.1) is 37.2 Å². The maximum atomic E-state index is 14.0. The van der Waals surface area contributed by atoms with Crippen LogP contribution in [0.5, 0.6) is 17.2 Å². The Bertz CT molecular complexity index is 1730. The summed E-state index contributed by atoms with van der Waals surface area (Å²) in [7, 11) is 1.32. The van der Waals surface area contributed by atoms with E-state index in [1.807, 2.05) is 0 Å². The molecule has 3 aromatic carbocycles. The number of nitrogens with zero attached hydrogens (tertiary/aromatic N) is 2. The Morgan fingerprint density at radius 2 is 1.70 bits per heavy atom. The van der Waals surface area contributed by atoms with Crippen LogP contribution >= 0.6 is 24.0 Å². The molecule has 0 aromatic heterocycles. The van der Waals surface area contributed by atoms with Crippen LogP contribution in [0.15, 0.2) is 59.5 Å². The van der Waals surface area contributed by atoms with E-state index in [0.717, 1.165) is 37.0 Å². The number of aromatic carboxylic acids is 1. The average Bonchev–Trinajstić information content (AvgIpc) is 3.33. The lowest BCUT2D eigenvalue weighted by Crippen LogP contribution is -2.38. The first kappa shape index (κ1) is 34.0. The van der Waals surface area contributed by atoms with E-state index in [-0.39, 0.29) is 39.3 Å². The molecule has 0 atom stereocenters. The number of halogens is 2. The number of hydrogen-bond donors (Lipinski definition) is 1. The number of hydrogen-bond acceptors (Lipinski definition) is 10. The zero-order chi connectivity index (χ0) is 33.5. The number of rotatable bonds is 12. The van der Waals surface area contributed by atoms with Gasteiger partial charge in [0.1, 0.15) is 16.7 Å². The van der Waals surface area contributed by atoms with Crippen molar-refractivity contribution < 1.29 is 47.2 Å². The number of morpholine rings is 1. The number of carbonyl (C=O) groups is 3. The van der Waals surface area contributed by atoms with Gasteiger partial charge in [-0.3, -0.25) is 19.4 Å². The maximum Gasteiger partial charge on any atom is 0.335 e. The van der Waals surface area contributed by atoms with Crippen molar-refractivity contribution in [1.82, 2.24) is 9.80 Å². The second-order valence-corrected chi connectivity index (χ2v) is 12.1. The van der Waals surface area contributed by atoms with Crippen molar-refractivity contribution in [2.24, 2.45) is 0 Å². The van der Waals surface area contributed by atoms with E-state index in [9.17, 15) is 28.3 Å². The van der Waals surface area contributed by atoms with Gasteiger partial charge < -0.3 is 24.1 Å². The molecule has 246 valence electrons. The highest BCUT2D eigenvalue weighted by molar-refractivity contribution is 8.26. The summed E-state index contributed by atoms with van der Waals surface area (Å²) in [4.78, 5) is 41.1. The van der Waals surface area contributed by atoms with Crippen molar-refractivity contribution in [2.75, 3.05) is 53.1 Å². The van der Waals surface area contributed by atoms with Crippen LogP contribution in [0.1, 0.15) is 22.3 Å². The zero-order valence-corrected chi connectivity index (χ0v) is 26.8. The number of esters is 1.